The predicted octanol–water partition coefficient (Wildman–Crippen LogP) is 1.39. The molecule has 2 N–H and O–H groups in total. The van der Waals surface area contributed by atoms with E-state index >= 15 is 0 Å². The third-order valence-electron chi connectivity index (χ3n) is 2.42. The Bertz CT molecular complexity index is 349. The van der Waals surface area contributed by atoms with Crippen molar-refractivity contribution in [1.82, 2.24) is 10.2 Å². The van der Waals surface area contributed by atoms with E-state index in [1.54, 1.807) is 13.8 Å². The molecule has 0 unspecified atom stereocenters. The van der Waals surface area contributed by atoms with Gasteiger partial charge in [0.2, 0.25) is 0 Å². The standard InChI is InChI=1S/C10H17N3O2/c1-6-8(7(2)13-12-6)11-9(14)10(3,4)15-5/h1-5H3,(H,11,14)(H,12,13). The van der Waals surface area contributed by atoms with Gasteiger partial charge in [-0.2, -0.15) is 5.10 Å². The van der Waals surface area contributed by atoms with Gasteiger partial charge in [-0.3, -0.25) is 9.89 Å². The third-order valence-corrected chi connectivity index (χ3v) is 2.42. The van der Waals surface area contributed by atoms with E-state index < -0.39 is 5.60 Å². The number of aromatic nitrogens is 2. The summed E-state index contributed by atoms with van der Waals surface area (Å²) in [5, 5.41) is 9.59. The normalized spacial score (nSPS) is 11.5. The van der Waals surface area contributed by atoms with Crippen molar-refractivity contribution in [2.24, 2.45) is 0 Å². The van der Waals surface area contributed by atoms with E-state index in [0.29, 0.717) is 0 Å². The highest BCUT2D eigenvalue weighted by molar-refractivity contribution is 5.97. The molecule has 5 heteroatoms. The minimum Gasteiger partial charge on any atom is -0.369 e. The number of hydrogen-bond donors (Lipinski definition) is 2. The van der Waals surface area contributed by atoms with E-state index in [4.69, 9.17) is 4.74 Å². The largest absolute Gasteiger partial charge is 0.369 e. The lowest BCUT2D eigenvalue weighted by molar-refractivity contribution is -0.133. The summed E-state index contributed by atoms with van der Waals surface area (Å²) in [5.74, 6) is -0.183. The summed E-state index contributed by atoms with van der Waals surface area (Å²) in [5.41, 5.74) is 1.50. The molecular formula is C10H17N3O2. The van der Waals surface area contributed by atoms with Gasteiger partial charge >= 0.3 is 0 Å². The molecule has 1 rings (SSSR count). The summed E-state index contributed by atoms with van der Waals surface area (Å²) >= 11 is 0. The van der Waals surface area contributed by atoms with Gasteiger partial charge in [0, 0.05) is 7.11 Å². The number of aryl methyl sites for hydroxylation is 2. The molecule has 5 nitrogen and oxygen atoms in total. The van der Waals surface area contributed by atoms with Crippen LogP contribution in [-0.4, -0.2) is 28.8 Å². The number of rotatable bonds is 3. The zero-order valence-corrected chi connectivity index (χ0v) is 9.76. The van der Waals surface area contributed by atoms with Crippen LogP contribution in [0.2, 0.25) is 0 Å². The SMILES string of the molecule is COC(C)(C)C(=O)Nc1c(C)n[nH]c1C. The van der Waals surface area contributed by atoms with Crippen molar-refractivity contribution in [3.8, 4) is 0 Å². The summed E-state index contributed by atoms with van der Waals surface area (Å²) in [4.78, 5) is 11.8. The van der Waals surface area contributed by atoms with E-state index in [2.05, 4.69) is 15.5 Å². The number of aromatic amines is 1. The Kier molecular flexibility index (Phi) is 3.14. The lowest BCUT2D eigenvalue weighted by Crippen LogP contribution is -2.39. The fourth-order valence-corrected chi connectivity index (χ4v) is 1.09. The summed E-state index contributed by atoms with van der Waals surface area (Å²) in [7, 11) is 1.51. The molecule has 1 aromatic heterocycles. The molecule has 0 fully saturated rings. The van der Waals surface area contributed by atoms with Crippen LogP contribution in [0.3, 0.4) is 0 Å². The molecule has 0 saturated carbocycles. The van der Waals surface area contributed by atoms with Crippen molar-refractivity contribution in [2.45, 2.75) is 33.3 Å². The zero-order valence-electron chi connectivity index (χ0n) is 9.76. The van der Waals surface area contributed by atoms with Crippen molar-refractivity contribution < 1.29 is 9.53 Å². The number of nitrogens with zero attached hydrogens (tertiary/aromatic N) is 1. The molecule has 0 aliphatic rings. The Balaban J connectivity index is 2.84. The minimum atomic E-state index is -0.837. The number of nitrogens with one attached hydrogen (secondary N) is 2. The maximum Gasteiger partial charge on any atom is 0.256 e. The van der Waals surface area contributed by atoms with Crippen LogP contribution in [0.4, 0.5) is 5.69 Å². The second-order valence-electron chi connectivity index (χ2n) is 3.98. The molecule has 0 radical (unpaired) electrons. The van der Waals surface area contributed by atoms with Gasteiger partial charge in [0.25, 0.3) is 5.91 Å². The number of anilines is 1. The minimum absolute atomic E-state index is 0.183. The van der Waals surface area contributed by atoms with E-state index in [-0.39, 0.29) is 5.91 Å². The smallest absolute Gasteiger partial charge is 0.256 e. The number of methoxy groups -OCH3 is 1. The maximum absolute atomic E-state index is 11.8. The molecule has 0 saturated heterocycles. The van der Waals surface area contributed by atoms with Crippen LogP contribution in [0.1, 0.15) is 25.2 Å². The predicted molar refractivity (Wildman–Crippen MR) is 57.8 cm³/mol. The zero-order chi connectivity index (χ0) is 11.6. The molecular weight excluding hydrogens is 194 g/mol. The van der Waals surface area contributed by atoms with Crippen LogP contribution in [-0.2, 0) is 9.53 Å². The lowest BCUT2D eigenvalue weighted by atomic mass is 10.1. The molecule has 0 bridgehead atoms. The van der Waals surface area contributed by atoms with Crippen LogP contribution < -0.4 is 5.32 Å². The first-order valence-corrected chi connectivity index (χ1v) is 4.76. The number of H-pyrrole nitrogens is 1. The van der Waals surface area contributed by atoms with Crippen LogP contribution in [0.25, 0.3) is 0 Å². The maximum atomic E-state index is 11.8. The average molecular weight is 211 g/mol. The van der Waals surface area contributed by atoms with E-state index in [1.807, 2.05) is 13.8 Å². The topological polar surface area (TPSA) is 67.0 Å². The van der Waals surface area contributed by atoms with Crippen molar-refractivity contribution in [3.05, 3.63) is 11.4 Å². The van der Waals surface area contributed by atoms with E-state index in [9.17, 15) is 4.79 Å². The van der Waals surface area contributed by atoms with Crippen LogP contribution in [0.15, 0.2) is 0 Å². The van der Waals surface area contributed by atoms with Gasteiger partial charge in [-0.05, 0) is 27.7 Å². The molecule has 0 aliphatic carbocycles. The molecule has 0 aliphatic heterocycles. The summed E-state index contributed by atoms with van der Waals surface area (Å²) in [6.07, 6.45) is 0. The molecule has 0 atom stereocenters. The number of carbonyl (C=O) groups excluding carboxylic acids is 1. The second kappa shape index (κ2) is 4.02. The highest BCUT2D eigenvalue weighted by atomic mass is 16.5. The molecule has 1 amide bonds. The summed E-state index contributed by atoms with van der Waals surface area (Å²) in [6.45, 7) is 7.12. The molecule has 84 valence electrons. The van der Waals surface area contributed by atoms with Crippen molar-refractivity contribution in [2.75, 3.05) is 12.4 Å². The molecule has 1 aromatic rings. The first kappa shape index (κ1) is 11.7. The number of hydrogen-bond acceptors (Lipinski definition) is 3. The number of ether oxygens (including phenoxy) is 1. The van der Waals surface area contributed by atoms with Crippen molar-refractivity contribution in [1.29, 1.82) is 0 Å². The Morgan fingerprint density at radius 2 is 2.07 bits per heavy atom. The van der Waals surface area contributed by atoms with Crippen molar-refractivity contribution in [3.63, 3.8) is 0 Å². The molecule has 1 heterocycles. The highest BCUT2D eigenvalue weighted by Gasteiger charge is 2.28. The Morgan fingerprint density at radius 1 is 1.47 bits per heavy atom. The average Bonchev–Trinajstić information content (AvgIpc) is 2.49. The van der Waals surface area contributed by atoms with Gasteiger partial charge in [0.15, 0.2) is 0 Å². The Morgan fingerprint density at radius 3 is 2.47 bits per heavy atom. The monoisotopic (exact) mass is 211 g/mol. The van der Waals surface area contributed by atoms with Gasteiger partial charge in [-0.1, -0.05) is 0 Å². The summed E-state index contributed by atoms with van der Waals surface area (Å²) in [6, 6.07) is 0. The first-order chi connectivity index (χ1) is 6.88. The highest BCUT2D eigenvalue weighted by Crippen LogP contribution is 2.18. The third kappa shape index (κ3) is 2.36. The second-order valence-corrected chi connectivity index (χ2v) is 3.98. The lowest BCUT2D eigenvalue weighted by Gasteiger charge is -2.21. The molecule has 15 heavy (non-hydrogen) atoms. The van der Waals surface area contributed by atoms with E-state index in [0.717, 1.165) is 17.1 Å². The quantitative estimate of drug-likeness (QED) is 0.794. The Hall–Kier alpha value is -1.36. The fraction of sp³-hybridized carbons (Fsp3) is 0.600. The van der Waals surface area contributed by atoms with Crippen LogP contribution >= 0.6 is 0 Å². The van der Waals surface area contributed by atoms with Crippen molar-refractivity contribution >= 4 is 11.6 Å². The van der Waals surface area contributed by atoms with Crippen LogP contribution in [0, 0.1) is 13.8 Å². The van der Waals surface area contributed by atoms with Gasteiger partial charge in [-0.15, -0.1) is 0 Å². The van der Waals surface area contributed by atoms with Gasteiger partial charge in [0.05, 0.1) is 17.1 Å². The summed E-state index contributed by atoms with van der Waals surface area (Å²) < 4.78 is 5.09. The van der Waals surface area contributed by atoms with Gasteiger partial charge in [-0.25, -0.2) is 0 Å². The van der Waals surface area contributed by atoms with E-state index in [1.165, 1.54) is 7.11 Å². The van der Waals surface area contributed by atoms with Crippen LogP contribution in [0.5, 0.6) is 0 Å². The number of carbonyl (C=O) groups is 1. The molecule has 0 aromatic carbocycles. The van der Waals surface area contributed by atoms with Gasteiger partial charge < -0.3 is 10.1 Å². The van der Waals surface area contributed by atoms with Gasteiger partial charge in [0.1, 0.15) is 5.60 Å². The Labute approximate surface area is 89.2 Å². The molecule has 0 spiro atoms. The fourth-order valence-electron chi connectivity index (χ4n) is 1.09. The number of amides is 1. The first-order valence-electron chi connectivity index (χ1n) is 4.76.